The second-order valence-electron chi connectivity index (χ2n) is 5.66. The minimum Gasteiger partial charge on any atom is -0.490 e. The van der Waals surface area contributed by atoms with Crippen LogP contribution >= 0.6 is 11.3 Å². The van der Waals surface area contributed by atoms with Gasteiger partial charge in [0, 0.05) is 7.05 Å². The van der Waals surface area contributed by atoms with E-state index in [1.807, 2.05) is 11.9 Å². The van der Waals surface area contributed by atoms with Crippen molar-refractivity contribution in [3.05, 3.63) is 28.8 Å². The van der Waals surface area contributed by atoms with Gasteiger partial charge in [-0.2, -0.15) is 0 Å². The van der Waals surface area contributed by atoms with Crippen LogP contribution in [0.25, 0.3) is 0 Å². The lowest BCUT2D eigenvalue weighted by atomic mass is 10.2. The van der Waals surface area contributed by atoms with E-state index in [4.69, 9.17) is 9.47 Å². The number of thiazole rings is 1. The molecular formula is C16H19N3O5S2. The van der Waals surface area contributed by atoms with Crippen molar-refractivity contribution in [3.8, 4) is 5.75 Å². The molecule has 0 saturated heterocycles. The number of anilines is 2. The molecule has 1 aliphatic rings. The minimum atomic E-state index is -3.85. The van der Waals surface area contributed by atoms with E-state index >= 15 is 0 Å². The highest BCUT2D eigenvalue weighted by Gasteiger charge is 2.23. The third-order valence-corrected chi connectivity index (χ3v) is 6.33. The molecule has 0 atom stereocenters. The Hall–Kier alpha value is -2.33. The Morgan fingerprint density at radius 3 is 2.96 bits per heavy atom. The maximum Gasteiger partial charge on any atom is 0.350 e. The lowest BCUT2D eigenvalue weighted by molar-refractivity contribution is 0.0531. The van der Waals surface area contributed by atoms with Crippen molar-refractivity contribution in [1.82, 2.24) is 4.98 Å². The maximum absolute atomic E-state index is 12.7. The van der Waals surface area contributed by atoms with Crippen LogP contribution < -0.4 is 14.4 Å². The molecule has 26 heavy (non-hydrogen) atoms. The molecule has 1 aliphatic heterocycles. The van der Waals surface area contributed by atoms with Crippen LogP contribution in [0.15, 0.2) is 23.1 Å². The van der Waals surface area contributed by atoms with Crippen molar-refractivity contribution in [2.75, 3.05) is 36.4 Å². The van der Waals surface area contributed by atoms with Crippen molar-refractivity contribution in [2.45, 2.75) is 18.7 Å². The molecule has 0 saturated carbocycles. The van der Waals surface area contributed by atoms with E-state index in [0.29, 0.717) is 30.3 Å². The summed E-state index contributed by atoms with van der Waals surface area (Å²) >= 11 is 0.947. The highest BCUT2D eigenvalue weighted by atomic mass is 32.2. The summed E-state index contributed by atoms with van der Waals surface area (Å²) in [7, 11) is -1.97. The molecule has 2 aromatic rings. The average Bonchev–Trinajstić information content (AvgIpc) is 2.95. The summed E-state index contributed by atoms with van der Waals surface area (Å²) < 4.78 is 38.3. The van der Waals surface area contributed by atoms with E-state index in [0.717, 1.165) is 11.3 Å². The molecule has 1 aromatic heterocycles. The average molecular weight is 397 g/mol. The van der Waals surface area contributed by atoms with E-state index in [-0.39, 0.29) is 21.5 Å². The summed E-state index contributed by atoms with van der Waals surface area (Å²) in [5.41, 5.74) is 1.13. The van der Waals surface area contributed by atoms with E-state index in [2.05, 4.69) is 9.71 Å². The van der Waals surface area contributed by atoms with E-state index < -0.39 is 16.0 Å². The SMILES string of the molecule is CCOC(=O)c1sc(NS(=O)(=O)c2ccc3c(c2)N(C)CCO3)nc1C. The van der Waals surface area contributed by atoms with Gasteiger partial charge < -0.3 is 14.4 Å². The number of fused-ring (bicyclic) bond motifs is 1. The second kappa shape index (κ2) is 7.12. The molecule has 140 valence electrons. The first-order chi connectivity index (χ1) is 12.3. The summed E-state index contributed by atoms with van der Waals surface area (Å²) in [6.45, 7) is 4.81. The van der Waals surface area contributed by atoms with E-state index in [1.165, 1.54) is 6.07 Å². The molecule has 0 unspecified atom stereocenters. The Kier molecular flexibility index (Phi) is 5.05. The third-order valence-electron chi connectivity index (χ3n) is 3.82. The lowest BCUT2D eigenvalue weighted by Gasteiger charge is -2.27. The Morgan fingerprint density at radius 2 is 2.23 bits per heavy atom. The molecule has 0 aliphatic carbocycles. The van der Waals surface area contributed by atoms with Crippen molar-refractivity contribution < 1.29 is 22.7 Å². The molecule has 0 spiro atoms. The number of esters is 1. The summed E-state index contributed by atoms with van der Waals surface area (Å²) in [6.07, 6.45) is 0. The van der Waals surface area contributed by atoms with Gasteiger partial charge in [-0.05, 0) is 32.0 Å². The first-order valence-corrected chi connectivity index (χ1v) is 10.3. The summed E-state index contributed by atoms with van der Waals surface area (Å²) in [6, 6.07) is 4.67. The molecular weight excluding hydrogens is 378 g/mol. The van der Waals surface area contributed by atoms with Gasteiger partial charge in [0.1, 0.15) is 17.2 Å². The highest BCUT2D eigenvalue weighted by molar-refractivity contribution is 7.93. The number of hydrogen-bond acceptors (Lipinski definition) is 8. The molecule has 0 bridgehead atoms. The zero-order valence-electron chi connectivity index (χ0n) is 14.6. The van der Waals surface area contributed by atoms with Crippen molar-refractivity contribution in [3.63, 3.8) is 0 Å². The van der Waals surface area contributed by atoms with Gasteiger partial charge >= 0.3 is 5.97 Å². The van der Waals surface area contributed by atoms with Crippen molar-refractivity contribution >= 4 is 38.1 Å². The molecule has 10 heteroatoms. The van der Waals surface area contributed by atoms with Gasteiger partial charge in [0.25, 0.3) is 10.0 Å². The topological polar surface area (TPSA) is 97.8 Å². The predicted molar refractivity (Wildman–Crippen MR) is 98.8 cm³/mol. The van der Waals surface area contributed by atoms with Crippen molar-refractivity contribution in [2.24, 2.45) is 0 Å². The van der Waals surface area contributed by atoms with Crippen LogP contribution in [0.2, 0.25) is 0 Å². The fourth-order valence-electron chi connectivity index (χ4n) is 2.50. The minimum absolute atomic E-state index is 0.0964. The Balaban J connectivity index is 1.87. The van der Waals surface area contributed by atoms with Gasteiger partial charge in [-0.15, -0.1) is 0 Å². The van der Waals surface area contributed by atoms with Crippen LogP contribution in [-0.4, -0.2) is 46.2 Å². The second-order valence-corrected chi connectivity index (χ2v) is 8.34. The summed E-state index contributed by atoms with van der Waals surface area (Å²) in [5, 5.41) is 0.118. The number of nitrogens with one attached hydrogen (secondary N) is 1. The standard InChI is InChI=1S/C16H19N3O5S2/c1-4-23-15(20)14-10(2)17-16(25-14)18-26(21,22)11-5-6-13-12(9-11)19(3)7-8-24-13/h5-6,9H,4,7-8H2,1-3H3,(H,17,18). The van der Waals surface area contributed by atoms with Crippen LogP contribution in [0, 0.1) is 6.92 Å². The largest absolute Gasteiger partial charge is 0.490 e. The van der Waals surface area contributed by atoms with Gasteiger partial charge in [0.2, 0.25) is 0 Å². The number of rotatable bonds is 5. The number of sulfonamides is 1. The number of ether oxygens (including phenoxy) is 2. The van der Waals surface area contributed by atoms with Gasteiger partial charge in [0.05, 0.1) is 29.4 Å². The van der Waals surface area contributed by atoms with Gasteiger partial charge in [0.15, 0.2) is 5.13 Å². The Bertz CT molecular complexity index is 939. The normalized spacial score (nSPS) is 13.7. The fraction of sp³-hybridized carbons (Fsp3) is 0.375. The number of hydrogen-bond donors (Lipinski definition) is 1. The number of carbonyl (C=O) groups is 1. The van der Waals surface area contributed by atoms with Crippen LogP contribution in [0.4, 0.5) is 10.8 Å². The zero-order valence-corrected chi connectivity index (χ0v) is 16.2. The van der Waals surface area contributed by atoms with Gasteiger partial charge in [-0.1, -0.05) is 11.3 Å². The van der Waals surface area contributed by atoms with E-state index in [1.54, 1.807) is 26.0 Å². The number of aryl methyl sites for hydroxylation is 1. The van der Waals surface area contributed by atoms with Crippen molar-refractivity contribution in [1.29, 1.82) is 0 Å². The third kappa shape index (κ3) is 3.61. The lowest BCUT2D eigenvalue weighted by Crippen LogP contribution is -2.29. The smallest absolute Gasteiger partial charge is 0.350 e. The molecule has 1 N–H and O–H groups in total. The zero-order chi connectivity index (χ0) is 18.9. The summed E-state index contributed by atoms with van der Waals surface area (Å²) in [5.74, 6) is 0.132. The van der Waals surface area contributed by atoms with E-state index in [9.17, 15) is 13.2 Å². The molecule has 0 radical (unpaired) electrons. The molecule has 0 fully saturated rings. The summed E-state index contributed by atoms with van der Waals surface area (Å²) in [4.78, 5) is 18.3. The molecule has 2 heterocycles. The Morgan fingerprint density at radius 1 is 1.46 bits per heavy atom. The number of carbonyl (C=O) groups excluding carboxylic acids is 1. The van der Waals surface area contributed by atoms with Crippen LogP contribution in [0.5, 0.6) is 5.75 Å². The maximum atomic E-state index is 12.7. The number of likely N-dealkylation sites (N-methyl/N-ethyl adjacent to an activating group) is 1. The predicted octanol–water partition coefficient (Wildman–Crippen LogP) is 2.26. The number of nitrogens with zero attached hydrogens (tertiary/aromatic N) is 2. The molecule has 0 amide bonds. The van der Waals surface area contributed by atoms with Crippen LogP contribution in [0.1, 0.15) is 22.3 Å². The van der Waals surface area contributed by atoms with Gasteiger partial charge in [-0.25, -0.2) is 18.2 Å². The Labute approximate surface area is 155 Å². The number of benzene rings is 1. The molecule has 8 nitrogen and oxygen atoms in total. The monoisotopic (exact) mass is 397 g/mol. The number of aromatic nitrogens is 1. The van der Waals surface area contributed by atoms with Crippen LogP contribution in [-0.2, 0) is 14.8 Å². The van der Waals surface area contributed by atoms with Crippen LogP contribution in [0.3, 0.4) is 0 Å². The quantitative estimate of drug-likeness (QED) is 0.773. The van der Waals surface area contributed by atoms with Gasteiger partial charge in [-0.3, -0.25) is 4.72 Å². The first kappa shape index (κ1) is 18.5. The molecule has 1 aromatic carbocycles. The fourth-order valence-corrected chi connectivity index (χ4v) is 4.61. The first-order valence-electron chi connectivity index (χ1n) is 7.97. The highest BCUT2D eigenvalue weighted by Crippen LogP contribution is 2.34. The molecule has 3 rings (SSSR count).